The largest absolute Gasteiger partial charge is 0.367 e. The minimum atomic E-state index is -3.51. The Labute approximate surface area is 203 Å². The van der Waals surface area contributed by atoms with Crippen LogP contribution < -0.4 is 9.62 Å². The fourth-order valence-corrected chi connectivity index (χ4v) is 5.39. The molecule has 2 aromatic carbocycles. The Morgan fingerprint density at radius 1 is 1.09 bits per heavy atom. The number of hydrogen-bond donors (Lipinski definition) is 1. The lowest BCUT2D eigenvalue weighted by Crippen LogP contribution is -2.28. The Bertz CT molecular complexity index is 1150. The molecule has 1 heterocycles. The molecule has 0 fully saturated rings. The highest BCUT2D eigenvalue weighted by atomic mass is 32.2. The highest BCUT2D eigenvalue weighted by molar-refractivity contribution is 7.92. The van der Waals surface area contributed by atoms with E-state index in [1.54, 1.807) is 36.4 Å². The van der Waals surface area contributed by atoms with Gasteiger partial charge in [0.2, 0.25) is 21.1 Å². The van der Waals surface area contributed by atoms with E-state index in [0.717, 1.165) is 36.9 Å². The summed E-state index contributed by atoms with van der Waals surface area (Å²) in [4.78, 5) is 16.4. The Hall–Kier alpha value is -2.82. The highest BCUT2D eigenvalue weighted by Gasteiger charge is 2.22. The number of rotatable bonds is 13. The second-order valence-electron chi connectivity index (χ2n) is 7.76. The molecule has 0 aliphatic rings. The second-order valence-corrected chi connectivity index (χ2v) is 10.4. The van der Waals surface area contributed by atoms with Crippen LogP contribution in [0, 0.1) is 5.82 Å². The summed E-state index contributed by atoms with van der Waals surface area (Å²) in [7, 11) is -3.51. The number of halogens is 1. The summed E-state index contributed by atoms with van der Waals surface area (Å²) in [5.74, 6) is -0.493. The first-order chi connectivity index (χ1) is 16.3. The number of aryl methyl sites for hydroxylation is 1. The standard InChI is InChI=1S/C24H28FN3O4S2/c1-34(30,31)28(22-9-5-2-6-10-22)24-27-21(18-33-24)8-4-3-7-15-26-23(29)17-32-16-19-11-13-20(25)14-12-19/h2,5-6,9-14,18H,3-4,7-8,15-17H2,1H3,(H,26,29). The van der Waals surface area contributed by atoms with E-state index >= 15 is 0 Å². The van der Waals surface area contributed by atoms with E-state index in [-0.39, 0.29) is 24.9 Å². The number of hydrogen-bond acceptors (Lipinski definition) is 6. The number of sulfonamides is 1. The summed E-state index contributed by atoms with van der Waals surface area (Å²) in [6.45, 7) is 0.762. The van der Waals surface area contributed by atoms with Crippen LogP contribution in [0.15, 0.2) is 60.0 Å². The number of amides is 1. The van der Waals surface area contributed by atoms with E-state index in [4.69, 9.17) is 4.74 Å². The number of nitrogens with zero attached hydrogens (tertiary/aromatic N) is 2. The zero-order valence-electron chi connectivity index (χ0n) is 18.9. The van der Waals surface area contributed by atoms with Gasteiger partial charge in [0.05, 0.1) is 24.2 Å². The fraction of sp³-hybridized carbons (Fsp3) is 0.333. The zero-order chi connectivity index (χ0) is 24.4. The van der Waals surface area contributed by atoms with Crippen molar-refractivity contribution in [3.8, 4) is 0 Å². The third-order valence-corrected chi connectivity index (χ3v) is 6.92. The van der Waals surface area contributed by atoms with E-state index in [2.05, 4.69) is 10.3 Å². The number of ether oxygens (including phenoxy) is 1. The Kier molecular flexibility index (Phi) is 9.55. The van der Waals surface area contributed by atoms with E-state index in [1.165, 1.54) is 34.0 Å². The van der Waals surface area contributed by atoms with Gasteiger partial charge in [0.1, 0.15) is 12.4 Å². The molecule has 1 aromatic heterocycles. The minimum absolute atomic E-state index is 0.0444. The zero-order valence-corrected chi connectivity index (χ0v) is 20.6. The summed E-state index contributed by atoms with van der Waals surface area (Å²) >= 11 is 1.30. The van der Waals surface area contributed by atoms with Crippen molar-refractivity contribution < 1.29 is 22.3 Å². The number of unbranched alkanes of at least 4 members (excludes halogenated alkanes) is 2. The summed E-state index contributed by atoms with van der Waals surface area (Å²) in [5.41, 5.74) is 2.22. The van der Waals surface area contributed by atoms with E-state index in [1.807, 2.05) is 11.4 Å². The van der Waals surface area contributed by atoms with Crippen LogP contribution in [0.3, 0.4) is 0 Å². The first-order valence-electron chi connectivity index (χ1n) is 10.9. The van der Waals surface area contributed by atoms with Crippen molar-refractivity contribution in [2.45, 2.75) is 32.3 Å². The molecular formula is C24H28FN3O4S2. The van der Waals surface area contributed by atoms with Crippen LogP contribution in [0.4, 0.5) is 15.2 Å². The topological polar surface area (TPSA) is 88.6 Å². The molecule has 34 heavy (non-hydrogen) atoms. The van der Waals surface area contributed by atoms with Crippen molar-refractivity contribution >= 4 is 38.1 Å². The molecule has 10 heteroatoms. The van der Waals surface area contributed by atoms with Gasteiger partial charge in [-0.25, -0.2) is 22.1 Å². The Balaban J connectivity index is 1.34. The molecule has 1 N–H and O–H groups in total. The van der Waals surface area contributed by atoms with Gasteiger partial charge in [0.15, 0.2) is 0 Å². The number of aromatic nitrogens is 1. The highest BCUT2D eigenvalue weighted by Crippen LogP contribution is 2.31. The van der Waals surface area contributed by atoms with Crippen LogP contribution in [0.1, 0.15) is 30.5 Å². The number of thiazole rings is 1. The van der Waals surface area contributed by atoms with E-state index in [9.17, 15) is 17.6 Å². The third kappa shape index (κ3) is 8.19. The smallest absolute Gasteiger partial charge is 0.246 e. The van der Waals surface area contributed by atoms with Crippen molar-refractivity contribution in [3.05, 3.63) is 77.1 Å². The Morgan fingerprint density at radius 3 is 2.53 bits per heavy atom. The van der Waals surface area contributed by atoms with Gasteiger partial charge in [0, 0.05) is 11.9 Å². The molecule has 0 unspecified atom stereocenters. The lowest BCUT2D eigenvalue weighted by atomic mass is 10.1. The predicted molar refractivity (Wildman–Crippen MR) is 132 cm³/mol. The van der Waals surface area contributed by atoms with Gasteiger partial charge in [-0.2, -0.15) is 0 Å². The van der Waals surface area contributed by atoms with Gasteiger partial charge in [0.25, 0.3) is 0 Å². The maximum atomic E-state index is 12.9. The van der Waals surface area contributed by atoms with Crippen molar-refractivity contribution in [1.82, 2.24) is 10.3 Å². The van der Waals surface area contributed by atoms with Crippen LogP contribution in [0.5, 0.6) is 0 Å². The first kappa shape index (κ1) is 25.8. The van der Waals surface area contributed by atoms with E-state index in [0.29, 0.717) is 17.4 Å². The summed E-state index contributed by atoms with van der Waals surface area (Å²) < 4.78 is 44.1. The molecule has 7 nitrogen and oxygen atoms in total. The molecule has 0 saturated carbocycles. The average Bonchev–Trinajstić information content (AvgIpc) is 3.25. The van der Waals surface area contributed by atoms with Crippen molar-refractivity contribution in [2.75, 3.05) is 23.7 Å². The van der Waals surface area contributed by atoms with Crippen molar-refractivity contribution in [2.24, 2.45) is 0 Å². The number of carbonyl (C=O) groups excluding carboxylic acids is 1. The van der Waals surface area contributed by atoms with Gasteiger partial charge in [-0.05, 0) is 49.1 Å². The Morgan fingerprint density at radius 2 is 1.82 bits per heavy atom. The summed E-state index contributed by atoms with van der Waals surface area (Å²) in [6, 6.07) is 14.9. The quantitative estimate of drug-likeness (QED) is 0.347. The van der Waals surface area contributed by atoms with Crippen LogP contribution in [-0.4, -0.2) is 38.7 Å². The van der Waals surface area contributed by atoms with Crippen molar-refractivity contribution in [3.63, 3.8) is 0 Å². The lowest BCUT2D eigenvalue weighted by molar-refractivity contribution is -0.126. The van der Waals surface area contributed by atoms with Crippen LogP contribution in [-0.2, 0) is 32.6 Å². The number of para-hydroxylation sites is 1. The maximum Gasteiger partial charge on any atom is 0.246 e. The van der Waals surface area contributed by atoms with Crippen LogP contribution >= 0.6 is 11.3 Å². The molecule has 182 valence electrons. The summed E-state index contributed by atoms with van der Waals surface area (Å²) in [6.07, 6.45) is 4.50. The van der Waals surface area contributed by atoms with E-state index < -0.39 is 10.0 Å². The number of anilines is 2. The monoisotopic (exact) mass is 505 g/mol. The molecule has 0 saturated heterocycles. The molecule has 1 amide bonds. The molecular weight excluding hydrogens is 477 g/mol. The van der Waals surface area contributed by atoms with Crippen molar-refractivity contribution in [1.29, 1.82) is 0 Å². The van der Waals surface area contributed by atoms with Gasteiger partial charge < -0.3 is 10.1 Å². The van der Waals surface area contributed by atoms with Gasteiger partial charge in [-0.1, -0.05) is 36.8 Å². The average molecular weight is 506 g/mol. The third-order valence-electron chi connectivity index (χ3n) is 4.88. The number of carbonyl (C=O) groups is 1. The van der Waals surface area contributed by atoms with Gasteiger partial charge in [-0.15, -0.1) is 11.3 Å². The molecule has 3 rings (SSSR count). The van der Waals surface area contributed by atoms with Gasteiger partial charge >= 0.3 is 0 Å². The lowest BCUT2D eigenvalue weighted by Gasteiger charge is -2.19. The minimum Gasteiger partial charge on any atom is -0.367 e. The molecule has 3 aromatic rings. The SMILES string of the molecule is CS(=O)(=O)N(c1ccccc1)c1nc(CCCCCNC(=O)COCc2ccc(F)cc2)cs1. The maximum absolute atomic E-state index is 12.9. The molecule has 0 aliphatic carbocycles. The van der Waals surface area contributed by atoms with Crippen LogP contribution in [0.25, 0.3) is 0 Å². The first-order valence-corrected chi connectivity index (χ1v) is 13.6. The number of nitrogens with one attached hydrogen (secondary N) is 1. The molecule has 0 bridgehead atoms. The molecule has 0 atom stereocenters. The molecule has 0 aliphatic heterocycles. The molecule has 0 radical (unpaired) electrons. The second kappa shape index (κ2) is 12.6. The fourth-order valence-electron chi connectivity index (χ4n) is 3.24. The normalized spacial score (nSPS) is 11.4. The number of benzene rings is 2. The molecule has 0 spiro atoms. The van der Waals surface area contributed by atoms with Gasteiger partial charge in [-0.3, -0.25) is 4.79 Å². The summed E-state index contributed by atoms with van der Waals surface area (Å²) in [5, 5.41) is 5.13. The predicted octanol–water partition coefficient (Wildman–Crippen LogP) is 4.43. The van der Waals surface area contributed by atoms with Crippen LogP contribution in [0.2, 0.25) is 0 Å².